The smallest absolute Gasteiger partial charge is 0.126 e. The predicted octanol–water partition coefficient (Wildman–Crippen LogP) is 2.28. The summed E-state index contributed by atoms with van der Waals surface area (Å²) >= 11 is 2.01. The topological polar surface area (TPSA) is 50.9 Å². The van der Waals surface area contributed by atoms with Gasteiger partial charge >= 0.3 is 0 Å². The van der Waals surface area contributed by atoms with E-state index in [0.717, 1.165) is 17.2 Å². The number of rotatable bonds is 2. The first-order valence-electron chi connectivity index (χ1n) is 5.33. The number of aryl methyl sites for hydroxylation is 1. The molecule has 2 heterocycles. The highest BCUT2D eigenvalue weighted by Gasteiger charge is 2.13. The van der Waals surface area contributed by atoms with Crippen LogP contribution in [0.4, 0.5) is 11.5 Å². The normalized spacial score (nSPS) is 21.3. The van der Waals surface area contributed by atoms with Gasteiger partial charge in [0.25, 0.3) is 0 Å². The van der Waals surface area contributed by atoms with Crippen molar-refractivity contribution in [1.29, 1.82) is 0 Å². The maximum absolute atomic E-state index is 5.73. The van der Waals surface area contributed by atoms with Gasteiger partial charge in [0.15, 0.2) is 0 Å². The average Bonchev–Trinajstić information content (AvgIpc) is 2.25. The zero-order valence-corrected chi connectivity index (χ0v) is 9.81. The molecule has 1 aromatic rings. The van der Waals surface area contributed by atoms with Crippen LogP contribution in [-0.2, 0) is 0 Å². The van der Waals surface area contributed by atoms with Crippen LogP contribution in [0.5, 0.6) is 0 Å². The Morgan fingerprint density at radius 3 is 3.07 bits per heavy atom. The quantitative estimate of drug-likeness (QED) is 0.807. The third-order valence-corrected chi connectivity index (χ3v) is 3.85. The van der Waals surface area contributed by atoms with Crippen LogP contribution in [0.3, 0.4) is 0 Å². The van der Waals surface area contributed by atoms with Gasteiger partial charge in [-0.15, -0.1) is 0 Å². The monoisotopic (exact) mass is 223 g/mol. The molecule has 1 saturated heterocycles. The van der Waals surface area contributed by atoms with Crippen molar-refractivity contribution in [1.82, 2.24) is 4.98 Å². The number of thioether (sulfide) groups is 1. The van der Waals surface area contributed by atoms with Crippen LogP contribution in [0.15, 0.2) is 12.1 Å². The Bertz CT molecular complexity index is 335. The second-order valence-corrected chi connectivity index (χ2v) is 5.08. The Hall–Kier alpha value is -0.900. The number of aromatic nitrogens is 1. The molecule has 0 aliphatic carbocycles. The van der Waals surface area contributed by atoms with Gasteiger partial charge in [-0.3, -0.25) is 0 Å². The number of anilines is 2. The molecule has 1 atom stereocenters. The number of nitrogens with zero attached hydrogens (tertiary/aromatic N) is 1. The van der Waals surface area contributed by atoms with E-state index in [0.29, 0.717) is 6.04 Å². The first-order valence-corrected chi connectivity index (χ1v) is 6.48. The van der Waals surface area contributed by atoms with Crippen LogP contribution in [0.2, 0.25) is 0 Å². The minimum absolute atomic E-state index is 0.569. The lowest BCUT2D eigenvalue weighted by molar-refractivity contribution is 0.682. The second kappa shape index (κ2) is 4.75. The van der Waals surface area contributed by atoms with E-state index in [2.05, 4.69) is 10.3 Å². The zero-order chi connectivity index (χ0) is 10.7. The van der Waals surface area contributed by atoms with E-state index < -0.39 is 0 Å². The molecule has 1 aromatic heterocycles. The molecule has 3 nitrogen and oxygen atoms in total. The van der Waals surface area contributed by atoms with Crippen LogP contribution in [0.1, 0.15) is 18.5 Å². The molecule has 4 heteroatoms. The molecule has 0 spiro atoms. The maximum atomic E-state index is 5.73. The Labute approximate surface area is 94.8 Å². The summed E-state index contributed by atoms with van der Waals surface area (Å²) in [5.74, 6) is 3.44. The van der Waals surface area contributed by atoms with E-state index in [1.807, 2.05) is 30.8 Å². The van der Waals surface area contributed by atoms with Gasteiger partial charge in [0.2, 0.25) is 0 Å². The third-order valence-electron chi connectivity index (χ3n) is 2.64. The molecule has 0 amide bonds. The van der Waals surface area contributed by atoms with Crippen molar-refractivity contribution in [2.45, 2.75) is 25.8 Å². The minimum Gasteiger partial charge on any atom is -0.397 e. The molecule has 82 valence electrons. The molecule has 1 aliphatic heterocycles. The lowest BCUT2D eigenvalue weighted by Crippen LogP contribution is -2.26. The molecule has 2 rings (SSSR count). The van der Waals surface area contributed by atoms with Gasteiger partial charge in [0, 0.05) is 11.8 Å². The summed E-state index contributed by atoms with van der Waals surface area (Å²) in [6.07, 6.45) is 2.55. The summed E-state index contributed by atoms with van der Waals surface area (Å²) in [5, 5.41) is 3.46. The molecule has 1 unspecified atom stereocenters. The van der Waals surface area contributed by atoms with Gasteiger partial charge in [0.05, 0.1) is 11.4 Å². The van der Waals surface area contributed by atoms with Crippen molar-refractivity contribution in [3.05, 3.63) is 17.8 Å². The fourth-order valence-electron chi connectivity index (χ4n) is 1.72. The molecular weight excluding hydrogens is 206 g/mol. The first-order chi connectivity index (χ1) is 7.25. The molecule has 0 radical (unpaired) electrons. The highest BCUT2D eigenvalue weighted by molar-refractivity contribution is 7.99. The number of hydrogen-bond donors (Lipinski definition) is 2. The Balaban J connectivity index is 2.00. The third kappa shape index (κ3) is 2.78. The molecule has 0 saturated carbocycles. The standard InChI is InChI=1S/C11H17N3S/c1-8-10(12)4-5-11(13-8)14-9-3-2-6-15-7-9/h4-5,9H,2-3,6-7,12H2,1H3,(H,13,14). The van der Waals surface area contributed by atoms with E-state index in [1.54, 1.807) is 0 Å². The molecule has 0 aromatic carbocycles. The van der Waals surface area contributed by atoms with Crippen LogP contribution >= 0.6 is 11.8 Å². The van der Waals surface area contributed by atoms with Gasteiger partial charge in [-0.25, -0.2) is 4.98 Å². The Morgan fingerprint density at radius 2 is 2.40 bits per heavy atom. The van der Waals surface area contributed by atoms with Crippen LogP contribution < -0.4 is 11.1 Å². The van der Waals surface area contributed by atoms with Gasteiger partial charge in [0.1, 0.15) is 5.82 Å². The van der Waals surface area contributed by atoms with E-state index in [9.17, 15) is 0 Å². The van der Waals surface area contributed by atoms with Gasteiger partial charge in [-0.05, 0) is 37.7 Å². The van der Waals surface area contributed by atoms with Crippen molar-refractivity contribution >= 4 is 23.3 Å². The molecule has 15 heavy (non-hydrogen) atoms. The fraction of sp³-hybridized carbons (Fsp3) is 0.545. The van der Waals surface area contributed by atoms with E-state index in [1.165, 1.54) is 24.3 Å². The van der Waals surface area contributed by atoms with Crippen molar-refractivity contribution < 1.29 is 0 Å². The highest BCUT2D eigenvalue weighted by atomic mass is 32.2. The van der Waals surface area contributed by atoms with Crippen molar-refractivity contribution in [3.8, 4) is 0 Å². The number of pyridine rings is 1. The van der Waals surface area contributed by atoms with Crippen LogP contribution in [-0.4, -0.2) is 22.5 Å². The number of nitrogen functional groups attached to an aromatic ring is 1. The lowest BCUT2D eigenvalue weighted by Gasteiger charge is -2.23. The number of nitrogens with two attached hydrogens (primary N) is 1. The average molecular weight is 223 g/mol. The molecule has 3 N–H and O–H groups in total. The highest BCUT2D eigenvalue weighted by Crippen LogP contribution is 2.20. The molecule has 1 aliphatic rings. The Kier molecular flexibility index (Phi) is 3.36. The van der Waals surface area contributed by atoms with Gasteiger partial charge < -0.3 is 11.1 Å². The fourth-order valence-corrected chi connectivity index (χ4v) is 2.79. The minimum atomic E-state index is 0.569. The molecule has 0 bridgehead atoms. The van der Waals surface area contributed by atoms with Gasteiger partial charge in [-0.2, -0.15) is 11.8 Å². The molecular formula is C11H17N3S. The largest absolute Gasteiger partial charge is 0.397 e. The summed E-state index contributed by atoms with van der Waals surface area (Å²) < 4.78 is 0. The summed E-state index contributed by atoms with van der Waals surface area (Å²) in [6, 6.07) is 4.45. The summed E-state index contributed by atoms with van der Waals surface area (Å²) in [5.41, 5.74) is 7.40. The SMILES string of the molecule is Cc1nc(NC2CCCSC2)ccc1N. The van der Waals surface area contributed by atoms with Crippen LogP contribution in [0.25, 0.3) is 0 Å². The lowest BCUT2D eigenvalue weighted by atomic mass is 10.2. The Morgan fingerprint density at radius 1 is 1.53 bits per heavy atom. The van der Waals surface area contributed by atoms with E-state index in [-0.39, 0.29) is 0 Å². The van der Waals surface area contributed by atoms with Crippen molar-refractivity contribution in [3.63, 3.8) is 0 Å². The van der Waals surface area contributed by atoms with E-state index in [4.69, 9.17) is 5.73 Å². The van der Waals surface area contributed by atoms with Crippen molar-refractivity contribution in [2.24, 2.45) is 0 Å². The predicted molar refractivity (Wildman–Crippen MR) is 67.4 cm³/mol. The summed E-state index contributed by atoms with van der Waals surface area (Å²) in [4.78, 5) is 4.42. The van der Waals surface area contributed by atoms with Gasteiger partial charge in [-0.1, -0.05) is 0 Å². The van der Waals surface area contributed by atoms with Crippen LogP contribution in [0, 0.1) is 6.92 Å². The first kappa shape index (κ1) is 10.6. The zero-order valence-electron chi connectivity index (χ0n) is 8.99. The molecule has 1 fully saturated rings. The van der Waals surface area contributed by atoms with Crippen molar-refractivity contribution in [2.75, 3.05) is 22.6 Å². The number of hydrogen-bond acceptors (Lipinski definition) is 4. The summed E-state index contributed by atoms with van der Waals surface area (Å²) in [6.45, 7) is 1.94. The number of nitrogens with one attached hydrogen (secondary N) is 1. The maximum Gasteiger partial charge on any atom is 0.126 e. The van der Waals surface area contributed by atoms with E-state index >= 15 is 0 Å². The summed E-state index contributed by atoms with van der Waals surface area (Å²) in [7, 11) is 0. The second-order valence-electron chi connectivity index (χ2n) is 3.93.